The number of carbonyl (C=O) groups excluding carboxylic acids is 1. The fraction of sp³-hybridized carbons (Fsp3) is 0.611. The number of ether oxygens (including phenoxy) is 1. The van der Waals surface area contributed by atoms with Crippen LogP contribution in [0.15, 0.2) is 30.3 Å². The molecule has 0 radical (unpaired) electrons. The van der Waals surface area contributed by atoms with Gasteiger partial charge >= 0.3 is 0 Å². The molecule has 1 aromatic rings. The van der Waals surface area contributed by atoms with Crippen molar-refractivity contribution in [3.8, 4) is 0 Å². The molecule has 2 unspecified atom stereocenters. The maximum absolute atomic E-state index is 12.5. The van der Waals surface area contributed by atoms with Gasteiger partial charge in [0.25, 0.3) is 0 Å². The molecule has 4 nitrogen and oxygen atoms in total. The molecule has 0 bridgehead atoms. The Morgan fingerprint density at radius 1 is 1.22 bits per heavy atom. The van der Waals surface area contributed by atoms with Gasteiger partial charge in [-0.3, -0.25) is 4.79 Å². The Labute approximate surface area is 144 Å². The summed E-state index contributed by atoms with van der Waals surface area (Å²) in [5.74, 6) is 0.438. The summed E-state index contributed by atoms with van der Waals surface area (Å²) in [7, 11) is 0. The Balaban J connectivity index is 0.00000192. The van der Waals surface area contributed by atoms with Gasteiger partial charge < -0.3 is 15.8 Å². The van der Waals surface area contributed by atoms with Gasteiger partial charge in [-0.05, 0) is 37.2 Å². The third-order valence-electron chi connectivity index (χ3n) is 4.98. The zero-order valence-corrected chi connectivity index (χ0v) is 14.3. The molecule has 128 valence electrons. The van der Waals surface area contributed by atoms with E-state index in [0.29, 0.717) is 12.3 Å². The van der Waals surface area contributed by atoms with Gasteiger partial charge in [0.1, 0.15) is 0 Å². The molecule has 3 rings (SSSR count). The van der Waals surface area contributed by atoms with Crippen LogP contribution in [0.4, 0.5) is 0 Å². The highest BCUT2D eigenvalue weighted by Crippen LogP contribution is 2.29. The Morgan fingerprint density at radius 3 is 2.61 bits per heavy atom. The quantitative estimate of drug-likeness (QED) is 0.867. The van der Waals surface area contributed by atoms with Crippen molar-refractivity contribution in [1.29, 1.82) is 0 Å². The summed E-state index contributed by atoms with van der Waals surface area (Å²) in [5, 5.41) is 3.20. The molecule has 23 heavy (non-hydrogen) atoms. The van der Waals surface area contributed by atoms with Crippen LogP contribution >= 0.6 is 12.4 Å². The fourth-order valence-corrected chi connectivity index (χ4v) is 3.71. The maximum atomic E-state index is 12.5. The van der Waals surface area contributed by atoms with Gasteiger partial charge in [0.15, 0.2) is 0 Å². The van der Waals surface area contributed by atoms with E-state index >= 15 is 0 Å². The van der Waals surface area contributed by atoms with Gasteiger partial charge in [-0.25, -0.2) is 0 Å². The van der Waals surface area contributed by atoms with Gasteiger partial charge in [-0.2, -0.15) is 0 Å². The number of nitrogens with one attached hydrogen (secondary N) is 1. The summed E-state index contributed by atoms with van der Waals surface area (Å²) >= 11 is 0. The molecule has 1 aliphatic heterocycles. The number of amides is 1. The average molecular weight is 339 g/mol. The summed E-state index contributed by atoms with van der Waals surface area (Å²) in [4.78, 5) is 12.5. The number of rotatable bonds is 5. The molecule has 1 heterocycles. The van der Waals surface area contributed by atoms with E-state index in [2.05, 4.69) is 17.4 Å². The molecule has 0 spiro atoms. The molecular weight excluding hydrogens is 312 g/mol. The van der Waals surface area contributed by atoms with Crippen molar-refractivity contribution in [1.82, 2.24) is 5.32 Å². The molecule has 0 aromatic heterocycles. The second-order valence-corrected chi connectivity index (χ2v) is 6.57. The van der Waals surface area contributed by atoms with Crippen LogP contribution in [0.5, 0.6) is 0 Å². The fourth-order valence-electron chi connectivity index (χ4n) is 3.71. The van der Waals surface area contributed by atoms with Crippen LogP contribution < -0.4 is 11.1 Å². The topological polar surface area (TPSA) is 64.4 Å². The summed E-state index contributed by atoms with van der Waals surface area (Å²) in [6.45, 7) is 0.789. The Bertz CT molecular complexity index is 491. The van der Waals surface area contributed by atoms with E-state index in [-0.39, 0.29) is 36.5 Å². The second-order valence-electron chi connectivity index (χ2n) is 6.57. The van der Waals surface area contributed by atoms with Crippen molar-refractivity contribution in [2.75, 3.05) is 6.61 Å². The van der Waals surface area contributed by atoms with Gasteiger partial charge in [0.2, 0.25) is 5.91 Å². The molecule has 5 heteroatoms. The highest BCUT2D eigenvalue weighted by atomic mass is 35.5. The number of halogens is 1. The third kappa shape index (κ3) is 4.69. The summed E-state index contributed by atoms with van der Waals surface area (Å²) < 4.78 is 5.82. The van der Waals surface area contributed by atoms with Crippen molar-refractivity contribution in [3.63, 3.8) is 0 Å². The van der Waals surface area contributed by atoms with Crippen molar-refractivity contribution >= 4 is 18.3 Å². The average Bonchev–Trinajstić information content (AvgIpc) is 3.18. The largest absolute Gasteiger partial charge is 0.376 e. The van der Waals surface area contributed by atoms with E-state index in [4.69, 9.17) is 10.5 Å². The number of carbonyl (C=O) groups is 1. The van der Waals surface area contributed by atoms with Gasteiger partial charge in [-0.1, -0.05) is 36.8 Å². The Morgan fingerprint density at radius 2 is 2.00 bits per heavy atom. The molecule has 2 fully saturated rings. The van der Waals surface area contributed by atoms with Crippen molar-refractivity contribution < 1.29 is 9.53 Å². The smallest absolute Gasteiger partial charge is 0.220 e. The van der Waals surface area contributed by atoms with Crippen LogP contribution in [-0.2, 0) is 9.53 Å². The minimum Gasteiger partial charge on any atom is -0.376 e. The predicted molar refractivity (Wildman–Crippen MR) is 93.5 cm³/mol. The molecule has 1 aliphatic carbocycles. The second kappa shape index (κ2) is 8.67. The highest BCUT2D eigenvalue weighted by molar-refractivity contribution is 5.85. The maximum Gasteiger partial charge on any atom is 0.220 e. The Kier molecular flexibility index (Phi) is 6.88. The first-order chi connectivity index (χ1) is 10.7. The lowest BCUT2D eigenvalue weighted by molar-refractivity contribution is -0.123. The normalized spacial score (nSPS) is 28.1. The first kappa shape index (κ1) is 18.2. The van der Waals surface area contributed by atoms with Crippen LogP contribution in [0.25, 0.3) is 0 Å². The molecule has 1 saturated carbocycles. The van der Waals surface area contributed by atoms with Crippen molar-refractivity contribution in [3.05, 3.63) is 35.9 Å². The number of hydrogen-bond acceptors (Lipinski definition) is 3. The third-order valence-corrected chi connectivity index (χ3v) is 4.98. The SMILES string of the molecule is Cl.N[C@@H]1CCC[C@H]1CC(=O)NC(c1ccccc1)C1CCCO1. The summed E-state index contributed by atoms with van der Waals surface area (Å²) in [6.07, 6.45) is 5.96. The molecule has 1 amide bonds. The summed E-state index contributed by atoms with van der Waals surface area (Å²) in [5.41, 5.74) is 7.21. The predicted octanol–water partition coefficient (Wildman–Crippen LogP) is 2.96. The van der Waals surface area contributed by atoms with E-state index in [1.165, 1.54) is 0 Å². The molecule has 4 atom stereocenters. The van der Waals surface area contributed by atoms with E-state index in [1.54, 1.807) is 0 Å². The summed E-state index contributed by atoms with van der Waals surface area (Å²) in [6, 6.07) is 10.3. The van der Waals surface area contributed by atoms with Gasteiger partial charge in [-0.15, -0.1) is 12.4 Å². The highest BCUT2D eigenvalue weighted by Gasteiger charge is 2.31. The number of benzene rings is 1. The number of hydrogen-bond donors (Lipinski definition) is 2. The monoisotopic (exact) mass is 338 g/mol. The molecule has 3 N–H and O–H groups in total. The lowest BCUT2D eigenvalue weighted by Crippen LogP contribution is -2.38. The zero-order valence-electron chi connectivity index (χ0n) is 13.4. The van der Waals surface area contributed by atoms with Crippen LogP contribution in [0, 0.1) is 5.92 Å². The van der Waals surface area contributed by atoms with Crippen LogP contribution in [0.3, 0.4) is 0 Å². The standard InChI is InChI=1S/C18H26N2O2.ClH/c19-15-9-4-8-14(15)12-17(21)20-18(16-10-5-11-22-16)13-6-2-1-3-7-13;/h1-3,6-7,14-16,18H,4-5,8-12,19H2,(H,20,21);1H/t14-,15+,16?,18?;/m0./s1. The van der Waals surface area contributed by atoms with Crippen molar-refractivity contribution in [2.24, 2.45) is 11.7 Å². The Hall–Kier alpha value is -1.10. The minimum absolute atomic E-state index is 0. The molecule has 2 aliphatic rings. The van der Waals surface area contributed by atoms with E-state index in [9.17, 15) is 4.79 Å². The first-order valence-electron chi connectivity index (χ1n) is 8.45. The lowest BCUT2D eigenvalue weighted by Gasteiger charge is -2.26. The van der Waals surface area contributed by atoms with Gasteiger partial charge in [0, 0.05) is 19.1 Å². The van der Waals surface area contributed by atoms with Gasteiger partial charge in [0.05, 0.1) is 12.1 Å². The lowest BCUT2D eigenvalue weighted by atomic mass is 9.96. The minimum atomic E-state index is -0.0474. The molecular formula is C18H27ClN2O2. The number of nitrogens with two attached hydrogens (primary N) is 1. The molecule has 1 aromatic carbocycles. The van der Waals surface area contributed by atoms with Crippen molar-refractivity contribution in [2.45, 2.75) is 56.7 Å². The van der Waals surface area contributed by atoms with Crippen LogP contribution in [0.2, 0.25) is 0 Å². The molecule has 1 saturated heterocycles. The van der Waals surface area contributed by atoms with Crippen LogP contribution in [0.1, 0.15) is 50.1 Å². The van der Waals surface area contributed by atoms with Crippen LogP contribution in [-0.4, -0.2) is 24.7 Å². The van der Waals surface area contributed by atoms with E-state index < -0.39 is 0 Å². The van der Waals surface area contributed by atoms with E-state index in [0.717, 1.165) is 44.3 Å². The van der Waals surface area contributed by atoms with E-state index in [1.807, 2.05) is 18.2 Å². The first-order valence-corrected chi connectivity index (χ1v) is 8.45. The zero-order chi connectivity index (χ0) is 15.4.